The van der Waals surface area contributed by atoms with Gasteiger partial charge in [-0.15, -0.1) is 0 Å². The Morgan fingerprint density at radius 2 is 2.00 bits per heavy atom. The highest BCUT2D eigenvalue weighted by molar-refractivity contribution is 6.41. The molecule has 0 bridgehead atoms. The molecule has 1 aromatic rings. The van der Waals surface area contributed by atoms with Crippen molar-refractivity contribution in [1.82, 2.24) is 0 Å². The fraction of sp³-hybridized carbons (Fsp3) is 0.421. The second-order valence-electron chi connectivity index (χ2n) is 6.78. The molecule has 7 heteroatoms. The van der Waals surface area contributed by atoms with Crippen LogP contribution in [0.3, 0.4) is 0 Å². The minimum atomic E-state index is -1.93. The van der Waals surface area contributed by atoms with E-state index in [1.807, 2.05) is 0 Å². The number of carbonyl (C=O) groups is 3. The van der Waals surface area contributed by atoms with Gasteiger partial charge in [0.05, 0.1) is 6.61 Å². The van der Waals surface area contributed by atoms with Gasteiger partial charge >= 0.3 is 5.97 Å². The number of phenolic OH excluding ortho intramolecular Hbond substituents is 1. The third kappa shape index (κ3) is 2.93. The molecule has 26 heavy (non-hydrogen) atoms. The maximum absolute atomic E-state index is 12.6. The molecule has 1 unspecified atom stereocenters. The van der Waals surface area contributed by atoms with Gasteiger partial charge in [0.2, 0.25) is 11.6 Å². The number of carbonyl (C=O) groups excluding carboxylic acids is 3. The van der Waals surface area contributed by atoms with Crippen LogP contribution in [0.25, 0.3) is 6.08 Å². The SMILES string of the molecule is C[C@@H]1OC(=O)c2c(O)cc(CO)cc2C=CC[C@@]2(O)C(=O)C(=O)CCC12. The van der Waals surface area contributed by atoms with Crippen molar-refractivity contribution in [2.24, 2.45) is 5.92 Å². The Morgan fingerprint density at radius 1 is 1.27 bits per heavy atom. The topological polar surface area (TPSA) is 121 Å². The average Bonchev–Trinajstić information content (AvgIpc) is 2.58. The van der Waals surface area contributed by atoms with E-state index in [0.717, 1.165) is 0 Å². The van der Waals surface area contributed by atoms with Crippen molar-refractivity contribution in [3.63, 3.8) is 0 Å². The first-order chi connectivity index (χ1) is 12.3. The highest BCUT2D eigenvalue weighted by Gasteiger charge is 2.52. The van der Waals surface area contributed by atoms with Crippen molar-refractivity contribution in [3.05, 3.63) is 34.9 Å². The van der Waals surface area contributed by atoms with Gasteiger partial charge in [0.1, 0.15) is 23.0 Å². The van der Waals surface area contributed by atoms with Gasteiger partial charge in [-0.1, -0.05) is 12.2 Å². The molecule has 0 spiro atoms. The third-order valence-corrected chi connectivity index (χ3v) is 5.12. The van der Waals surface area contributed by atoms with Gasteiger partial charge in [0.25, 0.3) is 0 Å². The predicted octanol–water partition coefficient (Wildman–Crippen LogP) is 1.13. The Balaban J connectivity index is 2.10. The van der Waals surface area contributed by atoms with Crippen LogP contribution in [0.1, 0.15) is 47.7 Å². The number of ether oxygens (including phenoxy) is 1. The molecule has 3 rings (SSSR count). The Hall–Kier alpha value is -2.51. The summed E-state index contributed by atoms with van der Waals surface area (Å²) in [6, 6.07) is 2.79. The van der Waals surface area contributed by atoms with Gasteiger partial charge in [-0.3, -0.25) is 9.59 Å². The van der Waals surface area contributed by atoms with Crippen LogP contribution in [0.4, 0.5) is 0 Å². The summed E-state index contributed by atoms with van der Waals surface area (Å²) < 4.78 is 5.41. The van der Waals surface area contributed by atoms with E-state index in [-0.39, 0.29) is 37.2 Å². The summed E-state index contributed by atoms with van der Waals surface area (Å²) in [7, 11) is 0. The summed E-state index contributed by atoms with van der Waals surface area (Å²) in [5.74, 6) is -3.34. The van der Waals surface area contributed by atoms with E-state index in [4.69, 9.17) is 4.74 Å². The molecule has 1 fully saturated rings. The van der Waals surface area contributed by atoms with Crippen molar-refractivity contribution in [3.8, 4) is 5.75 Å². The number of hydrogen-bond acceptors (Lipinski definition) is 7. The molecule has 0 aromatic heterocycles. The lowest BCUT2D eigenvalue weighted by atomic mass is 9.69. The molecule has 0 radical (unpaired) electrons. The fourth-order valence-corrected chi connectivity index (χ4v) is 3.75. The Bertz CT molecular complexity index is 810. The lowest BCUT2D eigenvalue weighted by Crippen LogP contribution is -2.56. The van der Waals surface area contributed by atoms with Crippen LogP contribution in [-0.2, 0) is 20.9 Å². The first kappa shape index (κ1) is 18.3. The molecule has 1 heterocycles. The molecular weight excluding hydrogens is 340 g/mol. The standard InChI is InChI=1S/C19H20O7/c1-10-13-4-5-14(21)17(23)19(13,25)6-2-3-12-7-11(9-20)8-15(22)16(12)18(24)26-10/h2-3,7-8,10,13,20,22,25H,4-6,9H2,1H3/t10-,13?,19-/m0/s1. The van der Waals surface area contributed by atoms with E-state index < -0.39 is 35.2 Å². The monoisotopic (exact) mass is 360 g/mol. The quantitative estimate of drug-likeness (QED) is 0.507. The number of esters is 1. The van der Waals surface area contributed by atoms with Crippen LogP contribution in [-0.4, -0.2) is 44.6 Å². The largest absolute Gasteiger partial charge is 0.507 e. The summed E-state index contributed by atoms with van der Waals surface area (Å²) in [5, 5.41) is 30.4. The summed E-state index contributed by atoms with van der Waals surface area (Å²) in [5.41, 5.74) is -1.29. The smallest absolute Gasteiger partial charge is 0.342 e. The van der Waals surface area contributed by atoms with Gasteiger partial charge in [0.15, 0.2) is 0 Å². The summed E-state index contributed by atoms with van der Waals surface area (Å²) in [6.07, 6.45) is 2.24. The number of aromatic hydroxyl groups is 1. The van der Waals surface area contributed by atoms with Crippen molar-refractivity contribution in [2.45, 2.75) is 44.5 Å². The lowest BCUT2D eigenvalue weighted by molar-refractivity contribution is -0.162. The van der Waals surface area contributed by atoms with E-state index in [0.29, 0.717) is 11.1 Å². The minimum absolute atomic E-state index is 0.000881. The number of aliphatic hydroxyl groups excluding tert-OH is 1. The van der Waals surface area contributed by atoms with Crippen molar-refractivity contribution in [2.75, 3.05) is 0 Å². The first-order valence-corrected chi connectivity index (χ1v) is 8.42. The van der Waals surface area contributed by atoms with Crippen LogP contribution in [0.5, 0.6) is 5.75 Å². The normalized spacial score (nSPS) is 29.0. The lowest BCUT2D eigenvalue weighted by Gasteiger charge is -2.40. The van der Waals surface area contributed by atoms with E-state index >= 15 is 0 Å². The number of aliphatic hydroxyl groups is 2. The second kappa shape index (κ2) is 6.66. The van der Waals surface area contributed by atoms with Gasteiger partial charge in [0, 0.05) is 18.8 Å². The molecular formula is C19H20O7. The van der Waals surface area contributed by atoms with Crippen molar-refractivity contribution in [1.29, 1.82) is 0 Å². The fourth-order valence-electron chi connectivity index (χ4n) is 3.75. The molecule has 3 atom stereocenters. The highest BCUT2D eigenvalue weighted by Crippen LogP contribution is 2.38. The Morgan fingerprint density at radius 3 is 2.69 bits per heavy atom. The molecule has 1 aliphatic carbocycles. The zero-order valence-electron chi connectivity index (χ0n) is 14.3. The number of rotatable bonds is 1. The summed E-state index contributed by atoms with van der Waals surface area (Å²) in [6.45, 7) is 1.22. The number of phenols is 1. The number of fused-ring (bicyclic) bond motifs is 2. The molecule has 1 saturated carbocycles. The van der Waals surface area contributed by atoms with Gasteiger partial charge in [-0.05, 0) is 36.6 Å². The first-order valence-electron chi connectivity index (χ1n) is 8.42. The zero-order chi connectivity index (χ0) is 19.1. The van der Waals surface area contributed by atoms with Crippen molar-refractivity contribution < 1.29 is 34.4 Å². The van der Waals surface area contributed by atoms with E-state index in [9.17, 15) is 29.7 Å². The highest BCUT2D eigenvalue weighted by atomic mass is 16.5. The predicted molar refractivity (Wildman–Crippen MR) is 90.2 cm³/mol. The average molecular weight is 360 g/mol. The van der Waals surface area contributed by atoms with E-state index in [1.54, 1.807) is 6.92 Å². The molecule has 1 aromatic carbocycles. The van der Waals surface area contributed by atoms with Crippen molar-refractivity contribution >= 4 is 23.6 Å². The van der Waals surface area contributed by atoms with Crippen LogP contribution >= 0.6 is 0 Å². The minimum Gasteiger partial charge on any atom is -0.507 e. The molecule has 1 aliphatic heterocycles. The maximum Gasteiger partial charge on any atom is 0.342 e. The summed E-state index contributed by atoms with van der Waals surface area (Å²) in [4.78, 5) is 36.7. The molecule has 0 amide bonds. The van der Waals surface area contributed by atoms with Gasteiger partial charge in [-0.25, -0.2) is 4.79 Å². The molecule has 138 valence electrons. The number of cyclic esters (lactones) is 1. The van der Waals surface area contributed by atoms with Gasteiger partial charge in [-0.2, -0.15) is 0 Å². The molecule has 2 aliphatic rings. The number of Topliss-reactive ketones (excluding diaryl/α,β-unsaturated/α-hetero) is 2. The molecule has 7 nitrogen and oxygen atoms in total. The van der Waals surface area contributed by atoms with Crippen LogP contribution in [0, 0.1) is 5.92 Å². The molecule has 0 saturated heterocycles. The second-order valence-corrected chi connectivity index (χ2v) is 6.78. The maximum atomic E-state index is 12.6. The zero-order valence-corrected chi connectivity index (χ0v) is 14.3. The third-order valence-electron chi connectivity index (χ3n) is 5.12. The van der Waals surface area contributed by atoms with E-state index in [1.165, 1.54) is 24.3 Å². The van der Waals surface area contributed by atoms with Crippen LogP contribution in [0.15, 0.2) is 18.2 Å². The number of hydrogen-bond donors (Lipinski definition) is 3. The molecule has 3 N–H and O–H groups in total. The van der Waals surface area contributed by atoms with E-state index in [2.05, 4.69) is 0 Å². The Labute approximate surface area is 149 Å². The van der Waals surface area contributed by atoms with Crippen LogP contribution in [0.2, 0.25) is 0 Å². The summed E-state index contributed by atoms with van der Waals surface area (Å²) >= 11 is 0. The number of benzene rings is 1. The Kier molecular flexibility index (Phi) is 4.68. The van der Waals surface area contributed by atoms with Gasteiger partial charge < -0.3 is 20.1 Å². The van der Waals surface area contributed by atoms with Crippen LogP contribution < -0.4 is 0 Å². The number of ketones is 2.